The largest absolute Gasteiger partial charge is 0.462 e. The summed E-state index contributed by atoms with van der Waals surface area (Å²) in [6.07, 6.45) is 1.97. The summed E-state index contributed by atoms with van der Waals surface area (Å²) >= 11 is 0. The molecular weight excluding hydrogens is 216 g/mol. The summed E-state index contributed by atoms with van der Waals surface area (Å²) in [6.45, 7) is 6.43. The van der Waals surface area contributed by atoms with Crippen LogP contribution in [0.5, 0.6) is 0 Å². The number of benzene rings is 1. The molecule has 0 aliphatic heterocycles. The molecular formula is C14H22O3. The predicted octanol–water partition coefficient (Wildman–Crippen LogP) is 2.95. The first kappa shape index (κ1) is 15.7. The first-order chi connectivity index (χ1) is 8.17. The van der Waals surface area contributed by atoms with Gasteiger partial charge < -0.3 is 9.84 Å². The van der Waals surface area contributed by atoms with Crippen molar-refractivity contribution in [2.24, 2.45) is 0 Å². The van der Waals surface area contributed by atoms with E-state index in [1.807, 2.05) is 25.1 Å². The highest BCUT2D eigenvalue weighted by Crippen LogP contribution is 2.08. The average molecular weight is 238 g/mol. The lowest BCUT2D eigenvalue weighted by Gasteiger charge is -2.05. The van der Waals surface area contributed by atoms with Crippen molar-refractivity contribution in [3.8, 4) is 0 Å². The van der Waals surface area contributed by atoms with Crippen molar-refractivity contribution < 1.29 is 14.6 Å². The Morgan fingerprint density at radius 2 is 1.88 bits per heavy atom. The number of hydrogen-bond donors (Lipinski definition) is 1. The lowest BCUT2D eigenvalue weighted by Crippen LogP contribution is -2.07. The first-order valence-electron chi connectivity index (χ1n) is 6.00. The summed E-state index contributed by atoms with van der Waals surface area (Å²) in [7, 11) is 0. The second-order valence-electron chi connectivity index (χ2n) is 3.62. The zero-order valence-electron chi connectivity index (χ0n) is 10.9. The van der Waals surface area contributed by atoms with Crippen LogP contribution in [0.15, 0.2) is 24.3 Å². The molecule has 1 N–H and O–H groups in total. The third kappa shape index (κ3) is 6.74. The highest BCUT2D eigenvalue weighted by atomic mass is 16.5. The van der Waals surface area contributed by atoms with Crippen LogP contribution in [0.1, 0.15) is 42.6 Å². The Hall–Kier alpha value is -1.35. The van der Waals surface area contributed by atoms with Gasteiger partial charge in [-0.3, -0.25) is 0 Å². The maximum atomic E-state index is 11.5. The topological polar surface area (TPSA) is 46.5 Å². The van der Waals surface area contributed by atoms with Gasteiger partial charge >= 0.3 is 5.97 Å². The quantitative estimate of drug-likeness (QED) is 0.648. The molecule has 0 saturated carbocycles. The SMILES string of the molecule is CCCCOC(=O)c1ccccc1C.CCO. The van der Waals surface area contributed by atoms with E-state index in [1.165, 1.54) is 0 Å². The van der Waals surface area contributed by atoms with Gasteiger partial charge in [0, 0.05) is 6.61 Å². The van der Waals surface area contributed by atoms with Crippen LogP contribution in [0.25, 0.3) is 0 Å². The summed E-state index contributed by atoms with van der Waals surface area (Å²) in [4.78, 5) is 11.5. The van der Waals surface area contributed by atoms with E-state index in [1.54, 1.807) is 13.0 Å². The Bertz CT molecular complexity index is 321. The van der Waals surface area contributed by atoms with Gasteiger partial charge in [0.15, 0.2) is 0 Å². The van der Waals surface area contributed by atoms with Crippen molar-refractivity contribution in [2.45, 2.75) is 33.6 Å². The fourth-order valence-electron chi connectivity index (χ4n) is 1.19. The van der Waals surface area contributed by atoms with Gasteiger partial charge in [-0.05, 0) is 31.9 Å². The van der Waals surface area contributed by atoms with Gasteiger partial charge in [0.25, 0.3) is 0 Å². The highest BCUT2D eigenvalue weighted by molar-refractivity contribution is 5.90. The molecule has 0 bridgehead atoms. The van der Waals surface area contributed by atoms with E-state index in [-0.39, 0.29) is 12.6 Å². The van der Waals surface area contributed by atoms with Gasteiger partial charge in [-0.2, -0.15) is 0 Å². The number of rotatable bonds is 4. The van der Waals surface area contributed by atoms with Crippen molar-refractivity contribution in [2.75, 3.05) is 13.2 Å². The van der Waals surface area contributed by atoms with Crippen molar-refractivity contribution in [3.05, 3.63) is 35.4 Å². The highest BCUT2D eigenvalue weighted by Gasteiger charge is 2.08. The number of hydrogen-bond acceptors (Lipinski definition) is 3. The Morgan fingerprint density at radius 1 is 1.29 bits per heavy atom. The molecule has 0 unspecified atom stereocenters. The minimum atomic E-state index is -0.212. The van der Waals surface area contributed by atoms with Crippen molar-refractivity contribution in [1.29, 1.82) is 0 Å². The summed E-state index contributed by atoms with van der Waals surface area (Å²) < 4.78 is 5.11. The number of aliphatic hydroxyl groups excluding tert-OH is 1. The number of aliphatic hydroxyl groups is 1. The van der Waals surface area contributed by atoms with E-state index in [4.69, 9.17) is 9.84 Å². The minimum Gasteiger partial charge on any atom is -0.462 e. The third-order valence-electron chi connectivity index (χ3n) is 2.10. The summed E-state index contributed by atoms with van der Waals surface area (Å²) in [5.74, 6) is -0.212. The van der Waals surface area contributed by atoms with Crippen molar-refractivity contribution in [1.82, 2.24) is 0 Å². The molecule has 0 amide bonds. The van der Waals surface area contributed by atoms with Crippen LogP contribution in [-0.2, 0) is 4.74 Å². The molecule has 0 heterocycles. The Morgan fingerprint density at radius 3 is 2.41 bits per heavy atom. The first-order valence-corrected chi connectivity index (χ1v) is 6.00. The molecule has 17 heavy (non-hydrogen) atoms. The lowest BCUT2D eigenvalue weighted by molar-refractivity contribution is 0.0499. The van der Waals surface area contributed by atoms with Crippen molar-refractivity contribution >= 4 is 5.97 Å². The van der Waals surface area contributed by atoms with E-state index >= 15 is 0 Å². The second kappa shape index (κ2) is 9.85. The standard InChI is InChI=1S/C12H16O2.C2H6O/c1-3-4-9-14-12(13)11-8-6-5-7-10(11)2;1-2-3/h5-8H,3-4,9H2,1-2H3;3H,2H2,1H3. The number of esters is 1. The minimum absolute atomic E-state index is 0.212. The smallest absolute Gasteiger partial charge is 0.338 e. The fourth-order valence-corrected chi connectivity index (χ4v) is 1.19. The lowest BCUT2D eigenvalue weighted by atomic mass is 10.1. The van der Waals surface area contributed by atoms with E-state index in [2.05, 4.69) is 6.92 Å². The molecule has 0 aliphatic rings. The van der Waals surface area contributed by atoms with Crippen LogP contribution >= 0.6 is 0 Å². The molecule has 3 heteroatoms. The monoisotopic (exact) mass is 238 g/mol. The van der Waals surface area contributed by atoms with Gasteiger partial charge in [-0.25, -0.2) is 4.79 Å². The zero-order chi connectivity index (χ0) is 13.1. The fraction of sp³-hybridized carbons (Fsp3) is 0.500. The van der Waals surface area contributed by atoms with Gasteiger partial charge in [-0.15, -0.1) is 0 Å². The maximum Gasteiger partial charge on any atom is 0.338 e. The van der Waals surface area contributed by atoms with E-state index < -0.39 is 0 Å². The number of aryl methyl sites for hydroxylation is 1. The molecule has 0 aliphatic carbocycles. The van der Waals surface area contributed by atoms with Crippen LogP contribution in [0.2, 0.25) is 0 Å². The average Bonchev–Trinajstić information content (AvgIpc) is 2.31. The Labute approximate surface area is 103 Å². The zero-order valence-corrected chi connectivity index (χ0v) is 10.9. The summed E-state index contributed by atoms with van der Waals surface area (Å²) in [5, 5.41) is 7.57. The van der Waals surface area contributed by atoms with Gasteiger partial charge in [0.1, 0.15) is 0 Å². The number of carbonyl (C=O) groups is 1. The maximum absolute atomic E-state index is 11.5. The van der Waals surface area contributed by atoms with Gasteiger partial charge in [0.2, 0.25) is 0 Å². The van der Waals surface area contributed by atoms with Crippen LogP contribution in [0, 0.1) is 6.92 Å². The summed E-state index contributed by atoms with van der Waals surface area (Å²) in [5.41, 5.74) is 1.64. The third-order valence-corrected chi connectivity index (χ3v) is 2.10. The van der Waals surface area contributed by atoms with Crippen LogP contribution in [-0.4, -0.2) is 24.3 Å². The molecule has 3 nitrogen and oxygen atoms in total. The van der Waals surface area contributed by atoms with Crippen LogP contribution < -0.4 is 0 Å². The number of ether oxygens (including phenoxy) is 1. The normalized spacial score (nSPS) is 9.18. The molecule has 0 fully saturated rings. The van der Waals surface area contributed by atoms with Crippen molar-refractivity contribution in [3.63, 3.8) is 0 Å². The number of carbonyl (C=O) groups excluding carboxylic acids is 1. The summed E-state index contributed by atoms with van der Waals surface area (Å²) in [6, 6.07) is 7.47. The van der Waals surface area contributed by atoms with E-state index in [9.17, 15) is 4.79 Å². The molecule has 0 spiro atoms. The molecule has 0 saturated heterocycles. The van der Waals surface area contributed by atoms with E-state index in [0.717, 1.165) is 18.4 Å². The molecule has 1 aromatic rings. The molecule has 0 radical (unpaired) electrons. The molecule has 0 aromatic heterocycles. The number of unbranched alkanes of at least 4 members (excludes halogenated alkanes) is 1. The van der Waals surface area contributed by atoms with Crippen LogP contribution in [0.3, 0.4) is 0 Å². The molecule has 1 aromatic carbocycles. The van der Waals surface area contributed by atoms with Crippen LogP contribution in [0.4, 0.5) is 0 Å². The molecule has 1 rings (SSSR count). The Balaban J connectivity index is 0.000000770. The van der Waals surface area contributed by atoms with E-state index in [0.29, 0.717) is 12.2 Å². The molecule has 0 atom stereocenters. The van der Waals surface area contributed by atoms with Gasteiger partial charge in [-0.1, -0.05) is 31.5 Å². The second-order valence-corrected chi connectivity index (χ2v) is 3.62. The Kier molecular flexibility index (Phi) is 9.06. The van der Waals surface area contributed by atoms with Gasteiger partial charge in [0.05, 0.1) is 12.2 Å². The predicted molar refractivity (Wildman–Crippen MR) is 69.1 cm³/mol. The molecule has 96 valence electrons.